The maximum absolute atomic E-state index is 4.58. The lowest BCUT2D eigenvalue weighted by molar-refractivity contribution is 0.261. The fourth-order valence-electron chi connectivity index (χ4n) is 3.23. The van der Waals surface area contributed by atoms with Crippen LogP contribution in [-0.4, -0.2) is 15.6 Å². The molecule has 2 unspecified atom stereocenters. The predicted molar refractivity (Wildman–Crippen MR) is 81.5 cm³/mol. The molecule has 0 aromatic carbocycles. The van der Waals surface area contributed by atoms with E-state index in [9.17, 15) is 0 Å². The number of nitrogens with zero attached hydrogens (tertiary/aromatic N) is 2. The molecule has 1 heterocycles. The van der Waals surface area contributed by atoms with Crippen LogP contribution < -0.4 is 5.32 Å². The molecule has 1 fully saturated rings. The molecule has 3 heteroatoms. The quantitative estimate of drug-likeness (QED) is 0.861. The van der Waals surface area contributed by atoms with Gasteiger partial charge in [0.25, 0.3) is 0 Å². The third-order valence-electron chi connectivity index (χ3n) is 4.14. The Morgan fingerprint density at radius 1 is 1.42 bits per heavy atom. The average molecular weight is 263 g/mol. The van der Waals surface area contributed by atoms with Crippen LogP contribution in [0.3, 0.4) is 0 Å². The lowest BCUT2D eigenvalue weighted by atomic mass is 9.81. The van der Waals surface area contributed by atoms with Gasteiger partial charge in [-0.3, -0.25) is 0 Å². The summed E-state index contributed by atoms with van der Waals surface area (Å²) in [4.78, 5) is 4.58. The van der Waals surface area contributed by atoms with E-state index in [0.29, 0.717) is 6.04 Å². The Morgan fingerprint density at radius 2 is 2.21 bits per heavy atom. The number of nitrogens with one attached hydrogen (secondary N) is 1. The molecule has 1 aliphatic carbocycles. The lowest BCUT2D eigenvalue weighted by Crippen LogP contribution is -2.17. The second-order valence-electron chi connectivity index (χ2n) is 6.62. The highest BCUT2D eigenvalue weighted by atomic mass is 15.2. The normalized spacial score (nSPS) is 23.8. The minimum atomic E-state index is 0.440. The number of anilines is 1. The van der Waals surface area contributed by atoms with Gasteiger partial charge in [0.05, 0.1) is 5.69 Å². The van der Waals surface area contributed by atoms with Crippen molar-refractivity contribution in [2.75, 3.05) is 5.32 Å². The van der Waals surface area contributed by atoms with Crippen LogP contribution >= 0.6 is 0 Å². The summed E-state index contributed by atoms with van der Waals surface area (Å²) in [5.74, 6) is 2.88. The van der Waals surface area contributed by atoms with Gasteiger partial charge in [-0.05, 0) is 45.4 Å². The van der Waals surface area contributed by atoms with E-state index in [1.807, 2.05) is 0 Å². The largest absolute Gasteiger partial charge is 0.353 e. The zero-order valence-electron chi connectivity index (χ0n) is 12.9. The minimum absolute atomic E-state index is 0.440. The van der Waals surface area contributed by atoms with Gasteiger partial charge < -0.3 is 9.88 Å². The van der Waals surface area contributed by atoms with Gasteiger partial charge in [-0.1, -0.05) is 26.2 Å². The van der Waals surface area contributed by atoms with E-state index in [4.69, 9.17) is 0 Å². The Kier molecular flexibility index (Phi) is 4.89. The Morgan fingerprint density at radius 3 is 2.89 bits per heavy atom. The average Bonchev–Trinajstić information content (AvgIpc) is 2.66. The van der Waals surface area contributed by atoms with Gasteiger partial charge in [0, 0.05) is 18.8 Å². The number of hydrogen-bond acceptors (Lipinski definition) is 2. The minimum Gasteiger partial charge on any atom is -0.353 e. The second-order valence-corrected chi connectivity index (χ2v) is 6.62. The molecule has 108 valence electrons. The van der Waals surface area contributed by atoms with Gasteiger partial charge in [-0.25, -0.2) is 4.98 Å². The molecule has 3 nitrogen and oxygen atoms in total. The van der Waals surface area contributed by atoms with Gasteiger partial charge in [0.2, 0.25) is 5.95 Å². The van der Waals surface area contributed by atoms with Crippen molar-refractivity contribution in [2.45, 2.75) is 72.4 Å². The smallest absolute Gasteiger partial charge is 0.203 e. The Bertz CT molecular complexity index is 395. The number of rotatable bonds is 5. The summed E-state index contributed by atoms with van der Waals surface area (Å²) < 4.78 is 2.30. The van der Waals surface area contributed by atoms with Crippen molar-refractivity contribution in [1.29, 1.82) is 0 Å². The van der Waals surface area contributed by atoms with Gasteiger partial charge in [-0.2, -0.15) is 0 Å². The van der Waals surface area contributed by atoms with E-state index in [2.05, 4.69) is 48.8 Å². The first-order chi connectivity index (χ1) is 9.04. The summed E-state index contributed by atoms with van der Waals surface area (Å²) in [5.41, 5.74) is 1.11. The molecule has 1 aliphatic rings. The van der Waals surface area contributed by atoms with Crippen molar-refractivity contribution in [3.8, 4) is 0 Å². The number of hydrogen-bond donors (Lipinski definition) is 1. The highest BCUT2D eigenvalue weighted by Gasteiger charge is 2.19. The van der Waals surface area contributed by atoms with E-state index >= 15 is 0 Å². The third-order valence-corrected chi connectivity index (χ3v) is 4.14. The third kappa shape index (κ3) is 4.26. The molecule has 1 aromatic heterocycles. The summed E-state index contributed by atoms with van der Waals surface area (Å²) in [5, 5.41) is 3.44. The van der Waals surface area contributed by atoms with Crippen LogP contribution in [0.25, 0.3) is 0 Å². The SMILES string of the molecule is Cc1cn(CCC2CCCC(C)C2)c(NC(C)C)n1. The zero-order chi connectivity index (χ0) is 13.8. The first kappa shape index (κ1) is 14.4. The van der Waals surface area contributed by atoms with Crippen LogP contribution in [0, 0.1) is 18.8 Å². The molecule has 2 rings (SSSR count). The highest BCUT2D eigenvalue weighted by molar-refractivity contribution is 5.29. The topological polar surface area (TPSA) is 29.9 Å². The number of aryl methyl sites for hydroxylation is 2. The molecule has 0 bridgehead atoms. The van der Waals surface area contributed by atoms with Gasteiger partial charge >= 0.3 is 0 Å². The van der Waals surface area contributed by atoms with Crippen LogP contribution in [0.15, 0.2) is 6.20 Å². The monoisotopic (exact) mass is 263 g/mol. The van der Waals surface area contributed by atoms with Crippen molar-refractivity contribution >= 4 is 5.95 Å². The van der Waals surface area contributed by atoms with Crippen LogP contribution in [0.5, 0.6) is 0 Å². The van der Waals surface area contributed by atoms with Crippen molar-refractivity contribution in [3.05, 3.63) is 11.9 Å². The van der Waals surface area contributed by atoms with Crippen molar-refractivity contribution in [2.24, 2.45) is 11.8 Å². The van der Waals surface area contributed by atoms with E-state index in [-0.39, 0.29) is 0 Å². The first-order valence-electron chi connectivity index (χ1n) is 7.85. The fraction of sp³-hybridized carbons (Fsp3) is 0.812. The fourth-order valence-corrected chi connectivity index (χ4v) is 3.23. The summed E-state index contributed by atoms with van der Waals surface area (Å²) in [7, 11) is 0. The molecule has 0 aliphatic heterocycles. The Hall–Kier alpha value is -0.990. The molecule has 1 N–H and O–H groups in total. The highest BCUT2D eigenvalue weighted by Crippen LogP contribution is 2.31. The molecule has 0 saturated heterocycles. The van der Waals surface area contributed by atoms with Crippen LogP contribution in [0.4, 0.5) is 5.95 Å². The molecular formula is C16H29N3. The molecule has 0 radical (unpaired) electrons. The maximum Gasteiger partial charge on any atom is 0.203 e. The van der Waals surface area contributed by atoms with Crippen LogP contribution in [0.2, 0.25) is 0 Å². The Balaban J connectivity index is 1.91. The standard InChI is InChI=1S/C16H29N3/c1-12(2)17-16-18-14(4)11-19(16)9-8-15-7-5-6-13(3)10-15/h11-13,15H,5-10H2,1-4H3,(H,17,18). The number of imidazole rings is 1. The summed E-state index contributed by atoms with van der Waals surface area (Å²) >= 11 is 0. The molecule has 1 aromatic rings. The molecule has 19 heavy (non-hydrogen) atoms. The maximum atomic E-state index is 4.58. The van der Waals surface area contributed by atoms with E-state index in [0.717, 1.165) is 30.0 Å². The molecule has 1 saturated carbocycles. The van der Waals surface area contributed by atoms with Crippen LogP contribution in [-0.2, 0) is 6.54 Å². The van der Waals surface area contributed by atoms with Gasteiger partial charge in [0.1, 0.15) is 0 Å². The predicted octanol–water partition coefficient (Wildman–Crippen LogP) is 4.23. The summed E-state index contributed by atoms with van der Waals surface area (Å²) in [6, 6.07) is 0.440. The van der Waals surface area contributed by atoms with E-state index in [1.54, 1.807) is 0 Å². The molecule has 0 amide bonds. The van der Waals surface area contributed by atoms with E-state index < -0.39 is 0 Å². The molecule has 2 atom stereocenters. The Labute approximate surface area is 117 Å². The van der Waals surface area contributed by atoms with Crippen LogP contribution in [0.1, 0.15) is 58.6 Å². The van der Waals surface area contributed by atoms with Gasteiger partial charge in [0.15, 0.2) is 0 Å². The first-order valence-corrected chi connectivity index (χ1v) is 7.85. The summed E-state index contributed by atoms with van der Waals surface area (Å²) in [6.45, 7) is 9.91. The second kappa shape index (κ2) is 6.44. The lowest BCUT2D eigenvalue weighted by Gasteiger charge is -2.27. The summed E-state index contributed by atoms with van der Waals surface area (Å²) in [6.07, 6.45) is 9.17. The zero-order valence-corrected chi connectivity index (χ0v) is 12.9. The molecular weight excluding hydrogens is 234 g/mol. The van der Waals surface area contributed by atoms with Gasteiger partial charge in [-0.15, -0.1) is 0 Å². The molecule has 0 spiro atoms. The van der Waals surface area contributed by atoms with Crippen molar-refractivity contribution in [3.63, 3.8) is 0 Å². The van der Waals surface area contributed by atoms with E-state index in [1.165, 1.54) is 32.1 Å². The van der Waals surface area contributed by atoms with Crippen molar-refractivity contribution < 1.29 is 0 Å². The number of aromatic nitrogens is 2. The van der Waals surface area contributed by atoms with Crippen molar-refractivity contribution in [1.82, 2.24) is 9.55 Å².